The van der Waals surface area contributed by atoms with Crippen LogP contribution in [0.5, 0.6) is 0 Å². The topological polar surface area (TPSA) is 64.6 Å². The number of rotatable bonds is 3. The Hall–Kier alpha value is -1.52. The fourth-order valence-corrected chi connectivity index (χ4v) is 0.846. The summed E-state index contributed by atoms with van der Waals surface area (Å²) < 4.78 is 9.51. The number of hydrogen-bond donors (Lipinski definition) is 1. The molecule has 0 bridgehead atoms. The van der Waals surface area contributed by atoms with E-state index in [1.807, 2.05) is 0 Å². The number of esters is 1. The van der Waals surface area contributed by atoms with Crippen molar-refractivity contribution >= 4 is 12.1 Å². The maximum absolute atomic E-state index is 11.2. The predicted molar refractivity (Wildman–Crippen MR) is 60.0 cm³/mol. The van der Waals surface area contributed by atoms with Crippen molar-refractivity contribution in [2.45, 2.75) is 33.3 Å². The molecule has 0 radical (unpaired) electrons. The molecule has 0 aliphatic carbocycles. The molecule has 0 aliphatic heterocycles. The molecule has 0 atom stereocenters. The van der Waals surface area contributed by atoms with Crippen LogP contribution in [0.3, 0.4) is 0 Å². The highest BCUT2D eigenvalue weighted by atomic mass is 16.6. The summed E-state index contributed by atoms with van der Waals surface area (Å²) in [5.74, 6) is -0.411. The SMILES string of the molecule is COC(=O)/C(C)=C/CNC(=O)OC(C)(C)C. The minimum atomic E-state index is -0.523. The van der Waals surface area contributed by atoms with Gasteiger partial charge >= 0.3 is 12.1 Å². The molecule has 0 heterocycles. The van der Waals surface area contributed by atoms with Crippen LogP contribution in [-0.2, 0) is 14.3 Å². The molecule has 5 nitrogen and oxygen atoms in total. The molecule has 5 heteroatoms. The monoisotopic (exact) mass is 229 g/mol. The minimum Gasteiger partial charge on any atom is -0.466 e. The number of carbonyl (C=O) groups excluding carboxylic acids is 2. The number of amides is 1. The zero-order chi connectivity index (χ0) is 12.8. The molecule has 1 amide bonds. The van der Waals surface area contributed by atoms with Crippen LogP contribution < -0.4 is 5.32 Å². The van der Waals surface area contributed by atoms with E-state index in [4.69, 9.17) is 4.74 Å². The summed E-state index contributed by atoms with van der Waals surface area (Å²) in [7, 11) is 1.31. The van der Waals surface area contributed by atoms with Crippen LogP contribution >= 0.6 is 0 Å². The van der Waals surface area contributed by atoms with Gasteiger partial charge in [-0.05, 0) is 27.7 Å². The number of hydrogen-bond acceptors (Lipinski definition) is 4. The van der Waals surface area contributed by atoms with E-state index in [0.29, 0.717) is 5.57 Å². The summed E-state index contributed by atoms with van der Waals surface area (Å²) in [6.45, 7) is 7.19. The molecule has 0 aliphatic rings. The molecule has 1 N–H and O–H groups in total. The summed E-state index contributed by atoms with van der Waals surface area (Å²) in [5, 5.41) is 2.50. The van der Waals surface area contributed by atoms with E-state index in [1.54, 1.807) is 33.8 Å². The summed E-state index contributed by atoms with van der Waals surface area (Å²) in [5.41, 5.74) is -0.0795. The average Bonchev–Trinajstić information content (AvgIpc) is 2.13. The number of nitrogens with one attached hydrogen (secondary N) is 1. The fraction of sp³-hybridized carbons (Fsp3) is 0.636. The largest absolute Gasteiger partial charge is 0.466 e. The third kappa shape index (κ3) is 6.86. The van der Waals surface area contributed by atoms with Crippen molar-refractivity contribution in [3.8, 4) is 0 Å². The summed E-state index contributed by atoms with van der Waals surface area (Å²) in [6.07, 6.45) is 1.05. The lowest BCUT2D eigenvalue weighted by Crippen LogP contribution is -2.32. The van der Waals surface area contributed by atoms with Crippen LogP contribution in [0.25, 0.3) is 0 Å². The van der Waals surface area contributed by atoms with Crippen LogP contribution in [0.4, 0.5) is 4.79 Å². The van der Waals surface area contributed by atoms with Gasteiger partial charge in [0.05, 0.1) is 7.11 Å². The molecule has 0 aromatic carbocycles. The van der Waals surface area contributed by atoms with Crippen LogP contribution in [0.15, 0.2) is 11.6 Å². The highest BCUT2D eigenvalue weighted by molar-refractivity contribution is 5.87. The van der Waals surface area contributed by atoms with Gasteiger partial charge in [0.2, 0.25) is 0 Å². The molecule has 0 unspecified atom stereocenters. The predicted octanol–water partition coefficient (Wildman–Crippen LogP) is 1.63. The Morgan fingerprint density at radius 3 is 2.31 bits per heavy atom. The molecule has 92 valence electrons. The molecule has 0 saturated heterocycles. The maximum Gasteiger partial charge on any atom is 0.407 e. The van der Waals surface area contributed by atoms with Gasteiger partial charge in [-0.15, -0.1) is 0 Å². The number of carbonyl (C=O) groups is 2. The lowest BCUT2D eigenvalue weighted by atomic mass is 10.2. The number of ether oxygens (including phenoxy) is 2. The van der Waals surface area contributed by atoms with Crippen LogP contribution in [-0.4, -0.2) is 31.3 Å². The lowest BCUT2D eigenvalue weighted by Gasteiger charge is -2.19. The Bertz CT molecular complexity index is 289. The first kappa shape index (κ1) is 14.5. The van der Waals surface area contributed by atoms with Gasteiger partial charge in [-0.3, -0.25) is 0 Å². The quantitative estimate of drug-likeness (QED) is 0.590. The van der Waals surface area contributed by atoms with Gasteiger partial charge in [-0.1, -0.05) is 6.08 Å². The average molecular weight is 229 g/mol. The van der Waals surface area contributed by atoms with E-state index >= 15 is 0 Å². The molecular weight excluding hydrogens is 210 g/mol. The Labute approximate surface area is 95.8 Å². The summed E-state index contributed by atoms with van der Waals surface area (Å²) >= 11 is 0. The summed E-state index contributed by atoms with van der Waals surface area (Å²) in [4.78, 5) is 22.2. The summed E-state index contributed by atoms with van der Waals surface area (Å²) in [6, 6.07) is 0. The van der Waals surface area contributed by atoms with Crippen molar-refractivity contribution in [2.75, 3.05) is 13.7 Å². The highest BCUT2D eigenvalue weighted by Crippen LogP contribution is 2.06. The van der Waals surface area contributed by atoms with E-state index in [0.717, 1.165) is 0 Å². The van der Waals surface area contributed by atoms with Crippen LogP contribution in [0.2, 0.25) is 0 Å². The first-order valence-electron chi connectivity index (χ1n) is 4.98. The fourth-order valence-electron chi connectivity index (χ4n) is 0.846. The van der Waals surface area contributed by atoms with Crippen LogP contribution in [0, 0.1) is 0 Å². The molecule has 0 saturated carbocycles. The second-order valence-corrected chi connectivity index (χ2v) is 4.26. The van der Waals surface area contributed by atoms with Crippen molar-refractivity contribution in [3.05, 3.63) is 11.6 Å². The van der Waals surface area contributed by atoms with Crippen molar-refractivity contribution < 1.29 is 19.1 Å². The second kappa shape index (κ2) is 6.15. The normalized spacial score (nSPS) is 11.9. The van der Waals surface area contributed by atoms with E-state index in [-0.39, 0.29) is 6.54 Å². The molecule has 16 heavy (non-hydrogen) atoms. The zero-order valence-electron chi connectivity index (χ0n) is 10.4. The lowest BCUT2D eigenvalue weighted by molar-refractivity contribution is -0.136. The Kier molecular flexibility index (Phi) is 5.56. The standard InChI is InChI=1S/C11H19NO4/c1-8(9(13)15-5)6-7-12-10(14)16-11(2,3)4/h6H,7H2,1-5H3,(H,12,14)/b8-6+. The van der Waals surface area contributed by atoms with Gasteiger partial charge < -0.3 is 14.8 Å². The van der Waals surface area contributed by atoms with Crippen molar-refractivity contribution in [1.29, 1.82) is 0 Å². The van der Waals surface area contributed by atoms with E-state index < -0.39 is 17.7 Å². The zero-order valence-corrected chi connectivity index (χ0v) is 10.4. The van der Waals surface area contributed by atoms with Gasteiger partial charge in [0.15, 0.2) is 0 Å². The van der Waals surface area contributed by atoms with Gasteiger partial charge in [0.1, 0.15) is 5.60 Å². The highest BCUT2D eigenvalue weighted by Gasteiger charge is 2.15. The first-order valence-corrected chi connectivity index (χ1v) is 4.98. The van der Waals surface area contributed by atoms with Gasteiger partial charge in [0, 0.05) is 12.1 Å². The van der Waals surface area contributed by atoms with E-state index in [1.165, 1.54) is 7.11 Å². The number of methoxy groups -OCH3 is 1. The van der Waals surface area contributed by atoms with Gasteiger partial charge in [-0.25, -0.2) is 9.59 Å². The first-order chi connectivity index (χ1) is 7.26. The molecule has 0 aromatic heterocycles. The number of alkyl carbamates (subject to hydrolysis) is 1. The third-order valence-corrected chi connectivity index (χ3v) is 1.56. The van der Waals surface area contributed by atoms with E-state index in [9.17, 15) is 9.59 Å². The Morgan fingerprint density at radius 2 is 1.88 bits per heavy atom. The maximum atomic E-state index is 11.2. The van der Waals surface area contributed by atoms with Gasteiger partial charge in [-0.2, -0.15) is 0 Å². The second-order valence-electron chi connectivity index (χ2n) is 4.26. The minimum absolute atomic E-state index is 0.232. The molecule has 0 aromatic rings. The van der Waals surface area contributed by atoms with Crippen molar-refractivity contribution in [2.24, 2.45) is 0 Å². The molecule has 0 rings (SSSR count). The third-order valence-electron chi connectivity index (χ3n) is 1.56. The Balaban J connectivity index is 3.99. The van der Waals surface area contributed by atoms with Gasteiger partial charge in [0.25, 0.3) is 0 Å². The van der Waals surface area contributed by atoms with E-state index in [2.05, 4.69) is 10.1 Å². The molecule has 0 fully saturated rings. The molecule has 0 spiro atoms. The Morgan fingerprint density at radius 1 is 1.31 bits per heavy atom. The van der Waals surface area contributed by atoms with Crippen LogP contribution in [0.1, 0.15) is 27.7 Å². The smallest absolute Gasteiger partial charge is 0.407 e. The molecular formula is C11H19NO4. The van der Waals surface area contributed by atoms with Crippen molar-refractivity contribution in [1.82, 2.24) is 5.32 Å². The van der Waals surface area contributed by atoms with Crippen molar-refractivity contribution in [3.63, 3.8) is 0 Å².